The van der Waals surface area contributed by atoms with Gasteiger partial charge in [-0.2, -0.15) is 8.78 Å². The molecule has 1 aromatic rings. The van der Waals surface area contributed by atoms with Crippen molar-refractivity contribution in [3.05, 3.63) is 28.8 Å². The third kappa shape index (κ3) is 7.07. The summed E-state index contributed by atoms with van der Waals surface area (Å²) >= 11 is 5.91. The average Bonchev–Trinajstić information content (AvgIpc) is 2.30. The molecule has 6 heteroatoms. The molecule has 0 aliphatic heterocycles. The molecule has 0 radical (unpaired) electrons. The Bertz CT molecular complexity index is 453. The lowest BCUT2D eigenvalue weighted by Gasteiger charge is -2.28. The Morgan fingerprint density at radius 3 is 2.57 bits per heavy atom. The van der Waals surface area contributed by atoms with E-state index < -0.39 is 6.61 Å². The normalized spacial score (nSPS) is 12.2. The molecule has 0 aliphatic rings. The quantitative estimate of drug-likeness (QED) is 0.792. The minimum atomic E-state index is -2.84. The summed E-state index contributed by atoms with van der Waals surface area (Å²) in [6.45, 7) is 3.57. The van der Waals surface area contributed by atoms with E-state index in [1.54, 1.807) is 12.1 Å². The van der Waals surface area contributed by atoms with Gasteiger partial charge in [0.05, 0.1) is 0 Å². The zero-order valence-corrected chi connectivity index (χ0v) is 13.7. The molecule has 120 valence electrons. The summed E-state index contributed by atoms with van der Waals surface area (Å²) in [4.78, 5) is 2.12. The second-order valence-electron chi connectivity index (χ2n) is 6.14. The number of hydrogen-bond acceptors (Lipinski definition) is 3. The number of rotatable bonds is 8. The van der Waals surface area contributed by atoms with E-state index in [1.807, 2.05) is 14.1 Å². The van der Waals surface area contributed by atoms with Gasteiger partial charge in [0.25, 0.3) is 0 Å². The average molecular weight is 321 g/mol. The van der Waals surface area contributed by atoms with Crippen LogP contribution in [-0.2, 0) is 6.54 Å². The largest absolute Gasteiger partial charge is 0.434 e. The molecular weight excluding hydrogens is 298 g/mol. The molecule has 0 aliphatic carbocycles. The summed E-state index contributed by atoms with van der Waals surface area (Å²) in [5.41, 5.74) is 0.703. The zero-order valence-electron chi connectivity index (χ0n) is 12.9. The molecule has 0 heterocycles. The summed E-state index contributed by atoms with van der Waals surface area (Å²) in [5, 5.41) is 3.78. The third-order valence-corrected chi connectivity index (χ3v) is 3.14. The Balaban J connectivity index is 2.64. The van der Waals surface area contributed by atoms with Crippen LogP contribution in [0.1, 0.15) is 19.4 Å². The summed E-state index contributed by atoms with van der Waals surface area (Å²) in [5.74, 6) is 0.160. The van der Waals surface area contributed by atoms with E-state index >= 15 is 0 Å². The highest BCUT2D eigenvalue weighted by molar-refractivity contribution is 6.30. The van der Waals surface area contributed by atoms with Crippen molar-refractivity contribution < 1.29 is 13.5 Å². The summed E-state index contributed by atoms with van der Waals surface area (Å²) in [6.07, 6.45) is 0. The van der Waals surface area contributed by atoms with E-state index in [1.165, 1.54) is 6.07 Å². The molecule has 0 fully saturated rings. The number of halogens is 3. The first-order valence-electron chi connectivity index (χ1n) is 6.78. The zero-order chi connectivity index (χ0) is 16.0. The first-order chi connectivity index (χ1) is 9.69. The summed E-state index contributed by atoms with van der Waals surface area (Å²) in [6, 6.07) is 4.65. The Hall–Kier alpha value is -0.910. The van der Waals surface area contributed by atoms with Gasteiger partial charge in [-0.15, -0.1) is 0 Å². The number of hydrogen-bond donors (Lipinski definition) is 1. The smallest absolute Gasteiger partial charge is 0.387 e. The van der Waals surface area contributed by atoms with E-state index in [9.17, 15) is 8.78 Å². The maximum Gasteiger partial charge on any atom is 0.387 e. The van der Waals surface area contributed by atoms with E-state index in [-0.39, 0.29) is 11.2 Å². The molecule has 21 heavy (non-hydrogen) atoms. The van der Waals surface area contributed by atoms with Crippen LogP contribution in [0, 0.1) is 5.41 Å². The fraction of sp³-hybridized carbons (Fsp3) is 0.600. The Morgan fingerprint density at radius 2 is 2.00 bits per heavy atom. The van der Waals surface area contributed by atoms with E-state index in [0.29, 0.717) is 17.1 Å². The summed E-state index contributed by atoms with van der Waals surface area (Å²) < 4.78 is 29.3. The van der Waals surface area contributed by atoms with Gasteiger partial charge < -0.3 is 15.0 Å². The molecule has 0 aromatic heterocycles. The molecule has 0 spiro atoms. The number of benzene rings is 1. The molecule has 0 saturated heterocycles. The highest BCUT2D eigenvalue weighted by Gasteiger charge is 2.18. The van der Waals surface area contributed by atoms with Gasteiger partial charge in [0.2, 0.25) is 0 Å². The van der Waals surface area contributed by atoms with Crippen molar-refractivity contribution in [1.82, 2.24) is 10.2 Å². The molecule has 1 rings (SSSR count). The van der Waals surface area contributed by atoms with Crippen molar-refractivity contribution >= 4 is 11.6 Å². The molecule has 0 bridgehead atoms. The van der Waals surface area contributed by atoms with Gasteiger partial charge in [0.15, 0.2) is 0 Å². The number of ether oxygens (including phenoxy) is 1. The second kappa shape index (κ2) is 7.92. The molecule has 0 unspecified atom stereocenters. The van der Waals surface area contributed by atoms with Gasteiger partial charge in [-0.25, -0.2) is 0 Å². The van der Waals surface area contributed by atoms with Gasteiger partial charge in [0.1, 0.15) is 5.75 Å². The molecule has 1 N–H and O–H groups in total. The van der Waals surface area contributed by atoms with Crippen LogP contribution in [-0.4, -0.2) is 38.7 Å². The lowest BCUT2D eigenvalue weighted by molar-refractivity contribution is -0.0505. The van der Waals surface area contributed by atoms with E-state index in [4.69, 9.17) is 11.6 Å². The predicted octanol–water partition coefficient (Wildman–Crippen LogP) is 3.62. The minimum absolute atomic E-state index is 0.0752. The number of nitrogens with one attached hydrogen (secondary N) is 1. The molecule has 0 saturated carbocycles. The standard InChI is InChI=1S/C15H23ClF2N2O/c1-15(2,10-20(3)4)9-19-8-11-7-12(16)5-6-13(11)21-14(17)18/h5-7,14,19H,8-10H2,1-4H3. The minimum Gasteiger partial charge on any atom is -0.434 e. The van der Waals surface area contributed by atoms with Gasteiger partial charge in [0, 0.05) is 30.2 Å². The van der Waals surface area contributed by atoms with Gasteiger partial charge in [-0.05, 0) is 37.7 Å². The van der Waals surface area contributed by atoms with Crippen molar-refractivity contribution in [2.75, 3.05) is 27.2 Å². The van der Waals surface area contributed by atoms with Crippen molar-refractivity contribution in [3.63, 3.8) is 0 Å². The topological polar surface area (TPSA) is 24.5 Å². The summed E-state index contributed by atoms with van der Waals surface area (Å²) in [7, 11) is 4.04. The van der Waals surface area contributed by atoms with Crippen molar-refractivity contribution in [2.24, 2.45) is 5.41 Å². The van der Waals surface area contributed by atoms with E-state index in [0.717, 1.165) is 13.1 Å². The van der Waals surface area contributed by atoms with Crippen LogP contribution < -0.4 is 10.1 Å². The Morgan fingerprint density at radius 1 is 1.33 bits per heavy atom. The van der Waals surface area contributed by atoms with Gasteiger partial charge in [-0.3, -0.25) is 0 Å². The van der Waals surface area contributed by atoms with Crippen LogP contribution in [0.15, 0.2) is 18.2 Å². The lowest BCUT2D eigenvalue weighted by Crippen LogP contribution is -2.37. The maximum atomic E-state index is 12.4. The number of nitrogens with zero attached hydrogens (tertiary/aromatic N) is 1. The molecule has 1 aromatic carbocycles. The van der Waals surface area contributed by atoms with Crippen LogP contribution in [0.5, 0.6) is 5.75 Å². The fourth-order valence-corrected chi connectivity index (χ4v) is 2.54. The second-order valence-corrected chi connectivity index (χ2v) is 6.57. The lowest BCUT2D eigenvalue weighted by atomic mass is 9.93. The highest BCUT2D eigenvalue weighted by atomic mass is 35.5. The van der Waals surface area contributed by atoms with Gasteiger partial charge >= 0.3 is 6.61 Å². The first-order valence-corrected chi connectivity index (χ1v) is 7.16. The SMILES string of the molecule is CN(C)CC(C)(C)CNCc1cc(Cl)ccc1OC(F)F. The van der Waals surface area contributed by atoms with Gasteiger partial charge in [-0.1, -0.05) is 25.4 Å². The van der Waals surface area contributed by atoms with Crippen molar-refractivity contribution in [2.45, 2.75) is 27.0 Å². The molecule has 3 nitrogen and oxygen atoms in total. The van der Waals surface area contributed by atoms with Crippen LogP contribution in [0.25, 0.3) is 0 Å². The van der Waals surface area contributed by atoms with Crippen molar-refractivity contribution in [3.8, 4) is 5.75 Å². The number of alkyl halides is 2. The first kappa shape index (κ1) is 18.1. The van der Waals surface area contributed by atoms with E-state index in [2.05, 4.69) is 28.8 Å². The highest BCUT2D eigenvalue weighted by Crippen LogP contribution is 2.25. The molecular formula is C15H23ClF2N2O. The Labute approximate surface area is 130 Å². The van der Waals surface area contributed by atoms with Crippen LogP contribution in [0.2, 0.25) is 5.02 Å². The van der Waals surface area contributed by atoms with Crippen LogP contribution in [0.3, 0.4) is 0 Å². The van der Waals surface area contributed by atoms with Crippen LogP contribution >= 0.6 is 11.6 Å². The maximum absolute atomic E-state index is 12.4. The fourth-order valence-electron chi connectivity index (χ4n) is 2.34. The Kier molecular flexibility index (Phi) is 6.84. The molecule has 0 atom stereocenters. The monoisotopic (exact) mass is 320 g/mol. The van der Waals surface area contributed by atoms with Crippen molar-refractivity contribution in [1.29, 1.82) is 0 Å². The molecule has 0 amide bonds. The third-order valence-electron chi connectivity index (χ3n) is 2.90. The van der Waals surface area contributed by atoms with Crippen LogP contribution in [0.4, 0.5) is 8.78 Å². The predicted molar refractivity (Wildman–Crippen MR) is 82.1 cm³/mol.